The van der Waals surface area contributed by atoms with Crippen LogP contribution in [0, 0.1) is 5.92 Å². The number of nitrogens with one attached hydrogen (secondary N) is 3. The summed E-state index contributed by atoms with van der Waals surface area (Å²) in [6.07, 6.45) is 2.97. The molecule has 0 aliphatic rings. The van der Waals surface area contributed by atoms with Crippen molar-refractivity contribution in [3.63, 3.8) is 0 Å². The molecule has 0 bridgehead atoms. The van der Waals surface area contributed by atoms with E-state index in [1.54, 1.807) is 60.3 Å². The third-order valence-electron chi connectivity index (χ3n) is 6.41. The Labute approximate surface area is 247 Å². The minimum atomic E-state index is -0.618. The highest BCUT2D eigenvalue weighted by atomic mass is 16.6. The summed E-state index contributed by atoms with van der Waals surface area (Å²) < 4.78 is 23.6. The number of benzene rings is 1. The summed E-state index contributed by atoms with van der Waals surface area (Å²) in [4.78, 5) is 34.8. The number of hydrogen-bond donors (Lipinski definition) is 3. The number of amides is 2. The highest BCUT2D eigenvalue weighted by Crippen LogP contribution is 2.40. The molecule has 0 saturated carbocycles. The van der Waals surface area contributed by atoms with Crippen LogP contribution in [-0.2, 0) is 16.1 Å². The van der Waals surface area contributed by atoms with Gasteiger partial charge in [0.2, 0.25) is 17.6 Å². The molecule has 42 heavy (non-hydrogen) atoms. The lowest BCUT2D eigenvalue weighted by Gasteiger charge is -2.20. The molecule has 3 aromatic rings. The van der Waals surface area contributed by atoms with Gasteiger partial charge in [-0.3, -0.25) is 9.36 Å². The van der Waals surface area contributed by atoms with Crippen molar-refractivity contribution in [2.45, 2.75) is 72.4 Å². The number of fused-ring (bicyclic) bond motifs is 1. The summed E-state index contributed by atoms with van der Waals surface area (Å²) in [6, 6.07) is 7.09. The molecular weight excluding hydrogens is 540 g/mol. The third kappa shape index (κ3) is 8.40. The molecular formula is C30H44N6O6. The normalized spacial score (nSPS) is 11.4. The minimum Gasteiger partial charge on any atom is -0.493 e. The van der Waals surface area contributed by atoms with Crippen molar-refractivity contribution >= 4 is 40.6 Å². The van der Waals surface area contributed by atoms with Gasteiger partial charge < -0.3 is 34.9 Å². The quantitative estimate of drug-likeness (QED) is 0.212. The molecule has 0 unspecified atom stereocenters. The maximum Gasteiger partial charge on any atom is 0.407 e. The maximum atomic E-state index is 13.0. The Kier molecular flexibility index (Phi) is 11.2. The van der Waals surface area contributed by atoms with Crippen molar-refractivity contribution in [2.75, 3.05) is 38.5 Å². The summed E-state index contributed by atoms with van der Waals surface area (Å²) >= 11 is 0. The van der Waals surface area contributed by atoms with Crippen LogP contribution in [0.15, 0.2) is 24.3 Å². The highest BCUT2D eigenvalue weighted by molar-refractivity contribution is 5.92. The predicted octanol–water partition coefficient (Wildman–Crippen LogP) is 5.88. The number of rotatable bonds is 14. The summed E-state index contributed by atoms with van der Waals surface area (Å²) in [5.41, 5.74) is 1.17. The number of carbonyl (C=O) groups is 2. The molecule has 0 fully saturated rings. The highest BCUT2D eigenvalue weighted by Gasteiger charge is 2.21. The van der Waals surface area contributed by atoms with Crippen molar-refractivity contribution in [3.8, 4) is 17.2 Å². The number of nitrogens with zero attached hydrogens (tertiary/aromatic N) is 3. The summed E-state index contributed by atoms with van der Waals surface area (Å²) in [5.74, 6) is 2.21. The smallest absolute Gasteiger partial charge is 0.407 e. The molecule has 0 radical (unpaired) electrons. The van der Waals surface area contributed by atoms with Crippen molar-refractivity contribution in [1.29, 1.82) is 0 Å². The molecule has 0 aliphatic heterocycles. The predicted molar refractivity (Wildman–Crippen MR) is 163 cm³/mol. The molecule has 1 aromatic carbocycles. The average Bonchev–Trinajstić information content (AvgIpc) is 3.27. The van der Waals surface area contributed by atoms with E-state index in [0.717, 1.165) is 25.7 Å². The second-order valence-corrected chi connectivity index (χ2v) is 10.9. The van der Waals surface area contributed by atoms with E-state index in [0.29, 0.717) is 52.4 Å². The number of pyridine rings is 1. The third-order valence-corrected chi connectivity index (χ3v) is 6.41. The van der Waals surface area contributed by atoms with Crippen LogP contribution < -0.4 is 30.2 Å². The van der Waals surface area contributed by atoms with Gasteiger partial charge in [0.05, 0.1) is 21.3 Å². The van der Waals surface area contributed by atoms with E-state index in [4.69, 9.17) is 28.9 Å². The van der Waals surface area contributed by atoms with Gasteiger partial charge in [-0.1, -0.05) is 26.7 Å². The van der Waals surface area contributed by atoms with Gasteiger partial charge in [-0.2, -0.15) is 0 Å². The van der Waals surface area contributed by atoms with Crippen LogP contribution in [0.25, 0.3) is 11.2 Å². The second kappa shape index (κ2) is 14.6. The Morgan fingerprint density at radius 2 is 1.60 bits per heavy atom. The Balaban J connectivity index is 1.97. The van der Waals surface area contributed by atoms with Crippen LogP contribution >= 0.6 is 0 Å². The Bertz CT molecular complexity index is 1340. The number of ether oxygens (including phenoxy) is 4. The van der Waals surface area contributed by atoms with Crippen LogP contribution in [0.4, 0.5) is 22.2 Å². The van der Waals surface area contributed by atoms with Crippen molar-refractivity contribution in [3.05, 3.63) is 24.3 Å². The van der Waals surface area contributed by atoms with Gasteiger partial charge in [-0.25, -0.2) is 14.8 Å². The molecule has 0 saturated heterocycles. The largest absolute Gasteiger partial charge is 0.493 e. The first-order valence-corrected chi connectivity index (χ1v) is 14.2. The molecule has 0 atom stereocenters. The fourth-order valence-electron chi connectivity index (χ4n) is 4.58. The Morgan fingerprint density at radius 1 is 0.952 bits per heavy atom. The molecule has 230 valence electrons. The van der Waals surface area contributed by atoms with E-state index >= 15 is 0 Å². The number of hydrogen-bond acceptors (Lipinski definition) is 9. The average molecular weight is 585 g/mol. The van der Waals surface area contributed by atoms with Gasteiger partial charge in [-0.05, 0) is 45.7 Å². The minimum absolute atomic E-state index is 0.0426. The molecule has 2 amide bonds. The first kappa shape index (κ1) is 32.3. The number of anilines is 3. The second-order valence-electron chi connectivity index (χ2n) is 10.9. The fourth-order valence-corrected chi connectivity index (χ4v) is 4.58. The number of aromatic nitrogens is 3. The van der Waals surface area contributed by atoms with Crippen LogP contribution in [-0.4, -0.2) is 60.0 Å². The number of carbonyl (C=O) groups excluding carboxylic acids is 2. The Morgan fingerprint density at radius 3 is 2.14 bits per heavy atom. The maximum absolute atomic E-state index is 13.0. The van der Waals surface area contributed by atoms with Gasteiger partial charge >= 0.3 is 6.09 Å². The SMILES string of the molecule is CCCC(CCC)C(=O)Nc1ccc2nc(Nc3cc(OC)c(OC)c(OC)c3)n(CCNC(=O)OC(C)(C)C)c2n1. The van der Waals surface area contributed by atoms with E-state index in [1.165, 1.54) is 0 Å². The van der Waals surface area contributed by atoms with Crippen LogP contribution in [0.5, 0.6) is 17.2 Å². The molecule has 3 rings (SSSR count). The van der Waals surface area contributed by atoms with Crippen molar-refractivity contribution in [1.82, 2.24) is 19.9 Å². The zero-order chi connectivity index (χ0) is 30.9. The Hall–Kier alpha value is -4.22. The summed E-state index contributed by atoms with van der Waals surface area (Å²) in [7, 11) is 4.63. The van der Waals surface area contributed by atoms with Gasteiger partial charge in [0.1, 0.15) is 16.9 Å². The molecule has 2 aromatic heterocycles. The number of methoxy groups -OCH3 is 3. The zero-order valence-corrected chi connectivity index (χ0v) is 25.9. The van der Waals surface area contributed by atoms with Gasteiger partial charge in [0.15, 0.2) is 17.1 Å². The lowest BCUT2D eigenvalue weighted by atomic mass is 9.97. The van der Waals surface area contributed by atoms with E-state index < -0.39 is 11.7 Å². The van der Waals surface area contributed by atoms with Crippen LogP contribution in [0.3, 0.4) is 0 Å². The first-order valence-electron chi connectivity index (χ1n) is 14.2. The molecule has 12 nitrogen and oxygen atoms in total. The lowest BCUT2D eigenvalue weighted by Crippen LogP contribution is -2.34. The first-order chi connectivity index (χ1) is 20.0. The van der Waals surface area contributed by atoms with E-state index in [9.17, 15) is 9.59 Å². The van der Waals surface area contributed by atoms with Crippen LogP contribution in [0.2, 0.25) is 0 Å². The number of alkyl carbamates (subject to hydrolysis) is 1. The monoisotopic (exact) mass is 584 g/mol. The summed E-state index contributed by atoms with van der Waals surface area (Å²) in [5, 5.41) is 9.08. The van der Waals surface area contributed by atoms with Gasteiger partial charge in [0, 0.05) is 36.8 Å². The topological polar surface area (TPSA) is 138 Å². The molecule has 12 heteroatoms. The fraction of sp³-hybridized carbons (Fsp3) is 0.533. The van der Waals surface area contributed by atoms with E-state index in [-0.39, 0.29) is 18.4 Å². The van der Waals surface area contributed by atoms with Crippen molar-refractivity contribution in [2.24, 2.45) is 5.92 Å². The lowest BCUT2D eigenvalue weighted by molar-refractivity contribution is -0.120. The molecule has 0 aliphatic carbocycles. The van der Waals surface area contributed by atoms with E-state index in [1.807, 2.05) is 10.6 Å². The van der Waals surface area contributed by atoms with E-state index in [2.05, 4.69) is 29.8 Å². The molecule has 2 heterocycles. The van der Waals surface area contributed by atoms with Crippen LogP contribution in [0.1, 0.15) is 60.3 Å². The van der Waals surface area contributed by atoms with Crippen molar-refractivity contribution < 1.29 is 28.5 Å². The zero-order valence-electron chi connectivity index (χ0n) is 25.9. The standard InChI is InChI=1S/C30H44N6O6/c1-9-11-19(12-10-2)27(37)35-24-14-13-21-26(34-24)36(16-15-31-29(38)42-30(3,4)5)28(33-21)32-20-17-22(39-6)25(41-8)23(18-20)40-7/h13-14,17-19H,9-12,15-16H2,1-8H3,(H,31,38)(H,32,33)(H,34,35,37). The van der Waals surface area contributed by atoms with Gasteiger partial charge in [0.25, 0.3) is 0 Å². The molecule has 0 spiro atoms. The number of imidazole rings is 1. The van der Waals surface area contributed by atoms with Gasteiger partial charge in [-0.15, -0.1) is 0 Å². The summed E-state index contributed by atoms with van der Waals surface area (Å²) in [6.45, 7) is 10.1. The molecule has 3 N–H and O–H groups in total.